The summed E-state index contributed by atoms with van der Waals surface area (Å²) in [6, 6.07) is 0.373. The Hall–Kier alpha value is 0.648. The molecule has 0 spiro atoms. The fourth-order valence-electron chi connectivity index (χ4n) is 1.16. The summed E-state index contributed by atoms with van der Waals surface area (Å²) in [6.07, 6.45) is 0.890. The second-order valence-electron chi connectivity index (χ2n) is 5.47. The molecular formula is C13H29NW. The zero-order chi connectivity index (χ0) is 12.0. The molecule has 0 bridgehead atoms. The molecule has 0 amide bonds. The van der Waals surface area contributed by atoms with Crippen molar-refractivity contribution < 1.29 is 21.1 Å². The van der Waals surface area contributed by atoms with Gasteiger partial charge >= 0.3 is 21.1 Å². The zero-order valence-electron chi connectivity index (χ0n) is 11.8. The van der Waals surface area contributed by atoms with Crippen molar-refractivity contribution in [1.82, 2.24) is 0 Å². The van der Waals surface area contributed by atoms with E-state index in [1.165, 1.54) is 0 Å². The van der Waals surface area contributed by atoms with E-state index < -0.39 is 0 Å². The summed E-state index contributed by atoms with van der Waals surface area (Å²) < 4.78 is 0. The average molecular weight is 383 g/mol. The molecule has 0 aromatic rings. The average Bonchev–Trinajstić information content (AvgIpc) is 2.00. The number of rotatable bonds is 2. The zero-order valence-corrected chi connectivity index (χ0v) is 14.8. The Bertz CT molecular complexity index is 130. The molecule has 0 saturated heterocycles. The Kier molecular flexibility index (Phi) is 12.3. The maximum atomic E-state index is 4.74. The predicted octanol–water partition coefficient (Wildman–Crippen LogP) is 4.82. The van der Waals surface area contributed by atoms with E-state index in [0.717, 1.165) is 6.42 Å². The molecule has 0 aliphatic heterocycles. The molecule has 0 radical (unpaired) electrons. The fraction of sp³-hybridized carbons (Fsp3) is 0.923. The van der Waals surface area contributed by atoms with Gasteiger partial charge in [-0.25, -0.2) is 0 Å². The largest absolute Gasteiger partial charge is 2.00 e. The first-order valence-corrected chi connectivity index (χ1v) is 5.68. The van der Waals surface area contributed by atoms with Gasteiger partial charge in [-0.3, -0.25) is 0 Å². The molecule has 1 nitrogen and oxygen atoms in total. The molecule has 0 aliphatic rings. The van der Waals surface area contributed by atoms with Crippen molar-refractivity contribution in [3.63, 3.8) is 0 Å². The third-order valence-corrected chi connectivity index (χ3v) is 1.82. The van der Waals surface area contributed by atoms with E-state index in [1.807, 2.05) is 13.8 Å². The van der Waals surface area contributed by atoms with Gasteiger partial charge in [0.05, 0.1) is 0 Å². The van der Waals surface area contributed by atoms with Crippen molar-refractivity contribution >= 4 is 0 Å². The van der Waals surface area contributed by atoms with Crippen molar-refractivity contribution in [3.05, 3.63) is 12.2 Å². The molecule has 92 valence electrons. The molecule has 1 atom stereocenters. The Morgan fingerprint density at radius 1 is 1.00 bits per heavy atom. The Morgan fingerprint density at radius 2 is 1.33 bits per heavy atom. The molecule has 0 aromatic heterocycles. The summed E-state index contributed by atoms with van der Waals surface area (Å²) in [4.78, 5) is 0. The first-order chi connectivity index (χ1) is 6.17. The molecule has 15 heavy (non-hydrogen) atoms. The van der Waals surface area contributed by atoms with E-state index >= 15 is 0 Å². The minimum absolute atomic E-state index is 0. The fourth-order valence-corrected chi connectivity index (χ4v) is 1.16. The van der Waals surface area contributed by atoms with E-state index in [2.05, 4.69) is 48.5 Å². The quantitative estimate of drug-likeness (QED) is 0.607. The van der Waals surface area contributed by atoms with Crippen LogP contribution >= 0.6 is 0 Å². The second-order valence-corrected chi connectivity index (χ2v) is 5.47. The van der Waals surface area contributed by atoms with E-state index in [4.69, 9.17) is 5.32 Å². The molecule has 0 rings (SSSR count). The summed E-state index contributed by atoms with van der Waals surface area (Å²) in [5.74, 6) is 0. The number of hydrogen-bond donors (Lipinski definition) is 0. The van der Waals surface area contributed by atoms with Gasteiger partial charge in [-0.15, -0.1) is 5.54 Å². The number of hydrogen-bond acceptors (Lipinski definition) is 0. The normalized spacial score (nSPS) is 13.4. The summed E-state index contributed by atoms with van der Waals surface area (Å²) in [6.45, 7) is 21.0. The predicted molar refractivity (Wildman–Crippen MR) is 67.7 cm³/mol. The molecule has 2 heteroatoms. The van der Waals surface area contributed by atoms with Crippen LogP contribution in [-0.4, -0.2) is 11.6 Å². The van der Waals surface area contributed by atoms with Gasteiger partial charge in [0, 0.05) is 0 Å². The van der Waals surface area contributed by atoms with Gasteiger partial charge in [0.15, 0.2) is 0 Å². The van der Waals surface area contributed by atoms with E-state index in [9.17, 15) is 0 Å². The van der Waals surface area contributed by atoms with E-state index in [0.29, 0.717) is 6.04 Å². The van der Waals surface area contributed by atoms with Gasteiger partial charge in [0.25, 0.3) is 0 Å². The van der Waals surface area contributed by atoms with Crippen molar-refractivity contribution in [2.75, 3.05) is 0 Å². The van der Waals surface area contributed by atoms with Crippen LogP contribution in [0.3, 0.4) is 0 Å². The minimum atomic E-state index is 0. The summed E-state index contributed by atoms with van der Waals surface area (Å²) in [5, 5.41) is 4.74. The van der Waals surface area contributed by atoms with Crippen LogP contribution in [-0.2, 0) is 21.1 Å². The standard InChI is InChI=1S/C11H23N.C2H6.W/c1-8-9(10(2,3)4)12-11(5,6)7;1-2;/h9H,1,8H2,2-7H3;1-2H3;/q-2;;+2. The number of nitrogens with zero attached hydrogens (tertiary/aromatic N) is 1. The van der Waals surface area contributed by atoms with Crippen molar-refractivity contribution in [1.29, 1.82) is 0 Å². The van der Waals surface area contributed by atoms with Crippen LogP contribution in [0.4, 0.5) is 0 Å². The van der Waals surface area contributed by atoms with Gasteiger partial charge < -0.3 is 12.2 Å². The Morgan fingerprint density at radius 3 is 1.40 bits per heavy atom. The van der Waals surface area contributed by atoms with Gasteiger partial charge in [0.1, 0.15) is 0 Å². The third-order valence-electron chi connectivity index (χ3n) is 1.82. The van der Waals surface area contributed by atoms with Crippen LogP contribution in [0.15, 0.2) is 0 Å². The molecule has 0 N–H and O–H groups in total. The van der Waals surface area contributed by atoms with Crippen molar-refractivity contribution in [2.24, 2.45) is 5.41 Å². The molecule has 0 aliphatic carbocycles. The molecule has 0 saturated carbocycles. The van der Waals surface area contributed by atoms with Crippen LogP contribution in [0.1, 0.15) is 61.8 Å². The van der Waals surface area contributed by atoms with Gasteiger partial charge in [-0.1, -0.05) is 60.8 Å². The van der Waals surface area contributed by atoms with Crippen molar-refractivity contribution in [2.45, 2.75) is 73.4 Å². The first-order valence-electron chi connectivity index (χ1n) is 5.68. The molecule has 0 heterocycles. The first kappa shape index (κ1) is 21.0. The van der Waals surface area contributed by atoms with Crippen LogP contribution in [0.2, 0.25) is 0 Å². The summed E-state index contributed by atoms with van der Waals surface area (Å²) in [7, 11) is 0. The maximum Gasteiger partial charge on any atom is 2.00 e. The smallest absolute Gasteiger partial charge is 0.656 e. The van der Waals surface area contributed by atoms with E-state index in [1.54, 1.807) is 0 Å². The van der Waals surface area contributed by atoms with E-state index in [-0.39, 0.29) is 32.0 Å². The molecule has 0 aromatic carbocycles. The molecule has 0 fully saturated rings. The second kappa shape index (κ2) is 8.76. The molecule has 1 unspecified atom stereocenters. The minimum Gasteiger partial charge on any atom is -0.656 e. The third kappa shape index (κ3) is 12.6. The topological polar surface area (TPSA) is 14.1 Å². The van der Waals surface area contributed by atoms with Gasteiger partial charge in [-0.05, 0) is 0 Å². The summed E-state index contributed by atoms with van der Waals surface area (Å²) in [5.41, 5.74) is 0.310. The van der Waals surface area contributed by atoms with Gasteiger partial charge in [-0.2, -0.15) is 12.5 Å². The maximum absolute atomic E-state index is 4.74. The SMILES string of the molecule is CC.[CH2-]CC([N-]C(C)(C)C)C(C)(C)C.[W+2]. The van der Waals surface area contributed by atoms with Crippen LogP contribution in [0.5, 0.6) is 0 Å². The van der Waals surface area contributed by atoms with Crippen LogP contribution in [0.25, 0.3) is 5.32 Å². The van der Waals surface area contributed by atoms with Crippen LogP contribution in [0, 0.1) is 12.3 Å². The van der Waals surface area contributed by atoms with Crippen LogP contribution < -0.4 is 0 Å². The summed E-state index contributed by atoms with van der Waals surface area (Å²) >= 11 is 0. The Balaban J connectivity index is -0.000000449. The van der Waals surface area contributed by atoms with Crippen molar-refractivity contribution in [3.8, 4) is 0 Å². The Labute approximate surface area is 112 Å². The monoisotopic (exact) mass is 383 g/mol. The molecular weight excluding hydrogens is 354 g/mol. The van der Waals surface area contributed by atoms with Gasteiger partial charge in [0.2, 0.25) is 0 Å².